The van der Waals surface area contributed by atoms with Gasteiger partial charge in [-0.1, -0.05) is 37.5 Å². The molecule has 2 aliphatic rings. The van der Waals surface area contributed by atoms with E-state index in [1.54, 1.807) is 4.57 Å². The summed E-state index contributed by atoms with van der Waals surface area (Å²) in [7, 11) is 0. The van der Waals surface area contributed by atoms with Crippen molar-refractivity contribution in [1.82, 2.24) is 20.1 Å². The number of benzene rings is 1. The number of aryl methyl sites for hydroxylation is 1. The topological polar surface area (TPSA) is 80.1 Å². The van der Waals surface area contributed by atoms with Crippen molar-refractivity contribution >= 4 is 17.5 Å². The summed E-state index contributed by atoms with van der Waals surface area (Å²) in [4.78, 5) is 27.4. The van der Waals surface area contributed by atoms with Crippen molar-refractivity contribution in [2.24, 2.45) is 5.92 Å². The van der Waals surface area contributed by atoms with Gasteiger partial charge in [-0.05, 0) is 37.8 Å². The van der Waals surface area contributed by atoms with E-state index in [0.717, 1.165) is 24.9 Å². The first kappa shape index (κ1) is 17.7. The number of carbonyl (C=O) groups excluding carboxylic acids is 1. The van der Waals surface area contributed by atoms with Crippen molar-refractivity contribution < 1.29 is 4.79 Å². The van der Waals surface area contributed by atoms with E-state index in [0.29, 0.717) is 25.0 Å². The fraction of sp³-hybridized carbons (Fsp3) is 0.500. The Morgan fingerprint density at radius 1 is 1.11 bits per heavy atom. The number of hydrogen-bond donors (Lipinski definition) is 1. The third-order valence-corrected chi connectivity index (χ3v) is 5.71. The van der Waals surface area contributed by atoms with Crippen LogP contribution in [-0.4, -0.2) is 33.3 Å². The second-order valence-corrected chi connectivity index (χ2v) is 7.63. The van der Waals surface area contributed by atoms with E-state index in [1.807, 2.05) is 36.1 Å². The van der Waals surface area contributed by atoms with Gasteiger partial charge in [-0.3, -0.25) is 14.2 Å². The zero-order chi connectivity index (χ0) is 19.0. The number of amides is 1. The van der Waals surface area contributed by atoms with Gasteiger partial charge in [0.1, 0.15) is 0 Å². The van der Waals surface area contributed by atoms with Crippen LogP contribution >= 0.6 is 0 Å². The fourth-order valence-corrected chi connectivity index (χ4v) is 3.99. The Kier molecular flexibility index (Phi) is 4.68. The van der Waals surface area contributed by atoms with E-state index in [-0.39, 0.29) is 17.3 Å². The Hall–Kier alpha value is -2.70. The normalized spacial score (nSPS) is 21.8. The molecule has 2 unspecified atom stereocenters. The molecule has 2 heterocycles. The van der Waals surface area contributed by atoms with E-state index in [1.165, 1.54) is 12.0 Å². The van der Waals surface area contributed by atoms with E-state index in [4.69, 9.17) is 0 Å². The summed E-state index contributed by atoms with van der Waals surface area (Å²) in [5.41, 5.74) is 1.66. The number of fused-ring (bicyclic) bond motifs is 1. The highest BCUT2D eigenvalue weighted by Crippen LogP contribution is 2.27. The van der Waals surface area contributed by atoms with Gasteiger partial charge in [0.05, 0.1) is 0 Å². The third-order valence-electron chi connectivity index (χ3n) is 5.71. The lowest BCUT2D eigenvalue weighted by atomic mass is 9.86. The van der Waals surface area contributed by atoms with E-state index >= 15 is 0 Å². The maximum atomic E-state index is 12.8. The van der Waals surface area contributed by atoms with Gasteiger partial charge in [0.2, 0.25) is 11.6 Å². The molecule has 4 rings (SSSR count). The molecular weight excluding hydrogens is 342 g/mol. The Labute approximate surface area is 158 Å². The lowest BCUT2D eigenvalue weighted by Gasteiger charge is -2.29. The average Bonchev–Trinajstić information content (AvgIpc) is 3.09. The number of nitrogens with one attached hydrogen (secondary N) is 1. The summed E-state index contributed by atoms with van der Waals surface area (Å²) in [6.07, 6.45) is 4.36. The number of aromatic nitrogens is 3. The van der Waals surface area contributed by atoms with Crippen molar-refractivity contribution in [3.05, 3.63) is 45.9 Å². The van der Waals surface area contributed by atoms with Crippen LogP contribution in [0, 0.1) is 12.8 Å². The molecule has 142 valence electrons. The second-order valence-electron chi connectivity index (χ2n) is 7.63. The highest BCUT2D eigenvalue weighted by molar-refractivity contribution is 5.92. The number of carbonyl (C=O) groups is 1. The molecule has 2 atom stereocenters. The van der Waals surface area contributed by atoms with Crippen LogP contribution in [0.4, 0.5) is 11.6 Å². The Morgan fingerprint density at radius 3 is 2.59 bits per heavy atom. The predicted octanol–water partition coefficient (Wildman–Crippen LogP) is 2.41. The summed E-state index contributed by atoms with van der Waals surface area (Å²) in [6.45, 7) is 5.31. The number of nitrogens with zero attached hydrogens (tertiary/aromatic N) is 4. The molecule has 7 heteroatoms. The van der Waals surface area contributed by atoms with Gasteiger partial charge < -0.3 is 10.2 Å². The molecule has 2 aromatic rings. The maximum Gasteiger partial charge on any atom is 0.286 e. The lowest BCUT2D eigenvalue weighted by molar-refractivity contribution is 0.0901. The first-order valence-corrected chi connectivity index (χ1v) is 9.67. The van der Waals surface area contributed by atoms with Crippen LogP contribution in [0.1, 0.15) is 48.7 Å². The highest BCUT2D eigenvalue weighted by Gasteiger charge is 2.29. The minimum Gasteiger partial charge on any atom is -0.347 e. The minimum atomic E-state index is -0.407. The van der Waals surface area contributed by atoms with E-state index in [9.17, 15) is 9.59 Å². The summed E-state index contributed by atoms with van der Waals surface area (Å²) < 4.78 is 1.55. The van der Waals surface area contributed by atoms with Crippen LogP contribution in [0.2, 0.25) is 0 Å². The highest BCUT2D eigenvalue weighted by atomic mass is 16.2. The van der Waals surface area contributed by atoms with Crippen molar-refractivity contribution in [2.45, 2.75) is 52.1 Å². The summed E-state index contributed by atoms with van der Waals surface area (Å²) in [5.74, 6) is 0.506. The fourth-order valence-electron chi connectivity index (χ4n) is 3.99. The molecule has 1 amide bonds. The molecule has 1 aromatic heterocycles. The van der Waals surface area contributed by atoms with Crippen LogP contribution in [0.15, 0.2) is 29.1 Å². The first-order valence-electron chi connectivity index (χ1n) is 9.67. The summed E-state index contributed by atoms with van der Waals surface area (Å²) >= 11 is 0. The van der Waals surface area contributed by atoms with Crippen LogP contribution in [-0.2, 0) is 6.54 Å². The van der Waals surface area contributed by atoms with Crippen LogP contribution in [0.5, 0.6) is 0 Å². The summed E-state index contributed by atoms with van der Waals surface area (Å²) in [6, 6.07) is 8.16. The molecule has 1 saturated carbocycles. The van der Waals surface area contributed by atoms with Gasteiger partial charge in [-0.2, -0.15) is 0 Å². The summed E-state index contributed by atoms with van der Waals surface area (Å²) in [5, 5.41) is 11.2. The van der Waals surface area contributed by atoms with Gasteiger partial charge in [0, 0.05) is 24.8 Å². The molecule has 0 saturated heterocycles. The number of rotatable bonds is 3. The molecule has 0 bridgehead atoms. The molecule has 1 aromatic carbocycles. The number of anilines is 2. The smallest absolute Gasteiger partial charge is 0.286 e. The van der Waals surface area contributed by atoms with Gasteiger partial charge >= 0.3 is 0 Å². The molecule has 1 N–H and O–H groups in total. The average molecular weight is 367 g/mol. The molecule has 0 radical (unpaired) electrons. The van der Waals surface area contributed by atoms with Crippen LogP contribution in [0.3, 0.4) is 0 Å². The zero-order valence-corrected chi connectivity index (χ0v) is 15.8. The Bertz CT molecular complexity index is 906. The van der Waals surface area contributed by atoms with Crippen LogP contribution < -0.4 is 15.8 Å². The predicted molar refractivity (Wildman–Crippen MR) is 103 cm³/mol. The third kappa shape index (κ3) is 3.34. The number of hydrogen-bond acceptors (Lipinski definition) is 5. The molecule has 1 aliphatic carbocycles. The van der Waals surface area contributed by atoms with Gasteiger partial charge in [-0.25, -0.2) is 0 Å². The maximum absolute atomic E-state index is 12.8. The Balaban J connectivity index is 1.58. The molecular formula is C20H25N5O2. The molecule has 7 nitrogen and oxygen atoms in total. The van der Waals surface area contributed by atoms with Gasteiger partial charge in [0.25, 0.3) is 11.5 Å². The molecule has 0 spiro atoms. The minimum absolute atomic E-state index is 0.106. The van der Waals surface area contributed by atoms with Crippen molar-refractivity contribution in [1.29, 1.82) is 0 Å². The largest absolute Gasteiger partial charge is 0.347 e. The van der Waals surface area contributed by atoms with E-state index in [2.05, 4.69) is 22.4 Å². The molecule has 1 fully saturated rings. The van der Waals surface area contributed by atoms with Crippen molar-refractivity contribution in [3.8, 4) is 0 Å². The monoisotopic (exact) mass is 367 g/mol. The molecule has 1 aliphatic heterocycles. The van der Waals surface area contributed by atoms with Crippen LogP contribution in [0.25, 0.3) is 0 Å². The Morgan fingerprint density at radius 2 is 1.85 bits per heavy atom. The quantitative estimate of drug-likeness (QED) is 0.901. The van der Waals surface area contributed by atoms with Gasteiger partial charge in [0.15, 0.2) is 0 Å². The second kappa shape index (κ2) is 7.13. The molecule has 27 heavy (non-hydrogen) atoms. The first-order chi connectivity index (χ1) is 13.0. The lowest BCUT2D eigenvalue weighted by Crippen LogP contribution is -2.44. The van der Waals surface area contributed by atoms with Gasteiger partial charge in [-0.15, -0.1) is 10.2 Å². The SMILES string of the molecule is Cc1ccc(N2CCn3c2nnc(C(=O)NC2CCCCC2C)c3=O)cc1. The van der Waals surface area contributed by atoms with E-state index < -0.39 is 5.91 Å². The standard InChI is InChI=1S/C20H25N5O2/c1-13-7-9-15(10-8-13)24-11-12-25-19(27)17(22-23-20(24)25)18(26)21-16-6-4-3-5-14(16)2/h7-10,14,16H,3-6,11-12H2,1-2H3,(H,21,26). The van der Waals surface area contributed by atoms with Crippen molar-refractivity contribution in [3.63, 3.8) is 0 Å². The zero-order valence-electron chi connectivity index (χ0n) is 15.8. The van der Waals surface area contributed by atoms with Crippen molar-refractivity contribution in [2.75, 3.05) is 11.4 Å².